The molecule has 2 atom stereocenters. The molecule has 0 fully saturated rings. The predicted octanol–water partition coefficient (Wildman–Crippen LogP) is 7.65. The van der Waals surface area contributed by atoms with E-state index < -0.39 is 13.2 Å². The molecule has 0 radical (unpaired) electrons. The Labute approximate surface area is 205 Å². The zero-order valence-corrected chi connectivity index (χ0v) is 22.3. The fraction of sp³-hybridized carbons (Fsp3) is 0.379. The number of para-hydroxylation sites is 1. The van der Waals surface area contributed by atoms with Crippen molar-refractivity contribution in [3.63, 3.8) is 0 Å². The van der Waals surface area contributed by atoms with Gasteiger partial charge in [0, 0.05) is 30.8 Å². The van der Waals surface area contributed by atoms with Gasteiger partial charge < -0.3 is 14.7 Å². The second-order valence-corrected chi connectivity index (χ2v) is 12.2. The number of anilines is 2. The highest BCUT2D eigenvalue weighted by Crippen LogP contribution is 2.59. The summed E-state index contributed by atoms with van der Waals surface area (Å²) in [5.41, 5.74) is 4.19. The highest BCUT2D eigenvalue weighted by molar-refractivity contribution is 7.67. The zero-order valence-electron chi connectivity index (χ0n) is 21.4. The van der Waals surface area contributed by atoms with Gasteiger partial charge in [0.05, 0.1) is 6.61 Å². The smallest absolute Gasteiger partial charge is 0.258 e. The van der Waals surface area contributed by atoms with Crippen molar-refractivity contribution in [3.8, 4) is 0 Å². The van der Waals surface area contributed by atoms with Gasteiger partial charge in [-0.1, -0.05) is 70.2 Å². The molecule has 0 aliphatic carbocycles. The molecule has 0 amide bonds. The fourth-order valence-corrected chi connectivity index (χ4v) is 6.22. The Bertz CT molecular complexity index is 1060. The van der Waals surface area contributed by atoms with Crippen LogP contribution in [0.15, 0.2) is 78.9 Å². The van der Waals surface area contributed by atoms with Crippen LogP contribution in [0.25, 0.3) is 0 Å². The molecule has 0 saturated carbocycles. The van der Waals surface area contributed by atoms with Crippen LogP contribution in [0.3, 0.4) is 0 Å². The van der Waals surface area contributed by atoms with Gasteiger partial charge in [0.25, 0.3) is 7.37 Å². The number of hydrogen-bond donors (Lipinski definition) is 1. The van der Waals surface area contributed by atoms with E-state index in [0.717, 1.165) is 28.7 Å². The van der Waals surface area contributed by atoms with Crippen LogP contribution in [-0.2, 0) is 9.09 Å². The van der Waals surface area contributed by atoms with E-state index in [2.05, 4.69) is 57.3 Å². The minimum atomic E-state index is -3.34. The molecule has 0 heterocycles. The molecule has 182 valence electrons. The third-order valence-electron chi connectivity index (χ3n) is 6.04. The van der Waals surface area contributed by atoms with Gasteiger partial charge in [-0.2, -0.15) is 0 Å². The van der Waals surface area contributed by atoms with Crippen LogP contribution < -0.4 is 15.5 Å². The quantitative estimate of drug-likeness (QED) is 0.287. The first-order chi connectivity index (χ1) is 16.2. The molecule has 3 aromatic carbocycles. The maximum absolute atomic E-state index is 14.9. The van der Waals surface area contributed by atoms with Crippen LogP contribution in [0.1, 0.15) is 56.9 Å². The maximum atomic E-state index is 14.9. The minimum absolute atomic E-state index is 0.433. The van der Waals surface area contributed by atoms with Crippen molar-refractivity contribution in [3.05, 3.63) is 90.0 Å². The molecule has 3 aromatic rings. The van der Waals surface area contributed by atoms with Crippen molar-refractivity contribution in [2.45, 2.75) is 45.8 Å². The molecular formula is C29H39N2O2P. The molecule has 4 nitrogen and oxygen atoms in total. The Balaban J connectivity index is 2.09. The van der Waals surface area contributed by atoms with Gasteiger partial charge in [-0.25, -0.2) is 0 Å². The van der Waals surface area contributed by atoms with E-state index in [1.54, 1.807) is 0 Å². The lowest BCUT2D eigenvalue weighted by Crippen LogP contribution is -2.21. The lowest BCUT2D eigenvalue weighted by atomic mass is 10.0. The molecule has 3 rings (SSSR count). The van der Waals surface area contributed by atoms with Crippen LogP contribution in [-0.4, -0.2) is 20.7 Å². The van der Waals surface area contributed by atoms with E-state index in [1.807, 2.05) is 73.6 Å². The second-order valence-electron chi connectivity index (χ2n) is 9.76. The normalized spacial score (nSPS) is 14.1. The molecule has 0 aromatic heterocycles. The van der Waals surface area contributed by atoms with Gasteiger partial charge in [-0.3, -0.25) is 4.57 Å². The molecule has 0 spiro atoms. The molecule has 1 N–H and O–H groups in total. The number of nitrogens with zero attached hydrogens (tertiary/aromatic N) is 1. The average Bonchev–Trinajstić information content (AvgIpc) is 2.83. The topological polar surface area (TPSA) is 41.6 Å². The number of benzene rings is 3. The SMILES string of the molecule is CC(C)CCO[P@@](=O)(c1ccc(N(C)C)cc1)[C@@H](Nc1ccccc1)c1ccc(C(C)C)cc1. The summed E-state index contributed by atoms with van der Waals surface area (Å²) in [5.74, 6) is 0.395. The zero-order chi connectivity index (χ0) is 24.7. The highest BCUT2D eigenvalue weighted by Gasteiger charge is 2.38. The van der Waals surface area contributed by atoms with Crippen molar-refractivity contribution in [1.82, 2.24) is 0 Å². The van der Waals surface area contributed by atoms with Crippen molar-refractivity contribution in [2.24, 2.45) is 5.92 Å². The Morgan fingerprint density at radius 3 is 1.94 bits per heavy atom. The number of rotatable bonds is 11. The van der Waals surface area contributed by atoms with Crippen molar-refractivity contribution >= 4 is 24.0 Å². The van der Waals surface area contributed by atoms with Crippen molar-refractivity contribution < 1.29 is 9.09 Å². The van der Waals surface area contributed by atoms with E-state index in [1.165, 1.54) is 5.56 Å². The standard InChI is InChI=1S/C29H39N2O2P/c1-22(2)20-21-33-34(32,28-18-16-27(17-19-28)31(5)6)29(30-26-10-8-7-9-11-26)25-14-12-24(13-15-25)23(3)4/h7-19,22-23,29-30H,20-21H2,1-6H3/t29-,34+/m1/s1. The third kappa shape index (κ3) is 6.52. The van der Waals surface area contributed by atoms with Gasteiger partial charge in [-0.05, 0) is 65.8 Å². The molecule has 0 saturated heterocycles. The fourth-order valence-electron chi connectivity index (χ4n) is 3.80. The van der Waals surface area contributed by atoms with Gasteiger partial charge in [-0.15, -0.1) is 0 Å². The van der Waals surface area contributed by atoms with Crippen LogP contribution in [0, 0.1) is 5.92 Å². The molecule has 0 bridgehead atoms. The third-order valence-corrected chi connectivity index (χ3v) is 8.73. The Kier molecular flexibility index (Phi) is 8.99. The van der Waals surface area contributed by atoms with E-state index in [0.29, 0.717) is 18.4 Å². The summed E-state index contributed by atoms with van der Waals surface area (Å²) in [6.45, 7) is 9.12. The van der Waals surface area contributed by atoms with Crippen molar-refractivity contribution in [1.29, 1.82) is 0 Å². The summed E-state index contributed by atoms with van der Waals surface area (Å²) < 4.78 is 21.3. The molecule has 0 aliphatic heterocycles. The minimum Gasteiger partial charge on any atom is -0.378 e. The molecule has 0 aliphatic rings. The van der Waals surface area contributed by atoms with E-state index in [-0.39, 0.29) is 0 Å². The number of hydrogen-bond acceptors (Lipinski definition) is 4. The maximum Gasteiger partial charge on any atom is 0.258 e. The van der Waals surface area contributed by atoms with E-state index >= 15 is 0 Å². The van der Waals surface area contributed by atoms with Crippen LogP contribution >= 0.6 is 7.37 Å². The summed E-state index contributed by atoms with van der Waals surface area (Å²) in [7, 11) is 0.664. The van der Waals surface area contributed by atoms with Crippen LogP contribution in [0.5, 0.6) is 0 Å². The number of nitrogens with one attached hydrogen (secondary N) is 1. The lowest BCUT2D eigenvalue weighted by molar-refractivity contribution is 0.290. The molecule has 34 heavy (non-hydrogen) atoms. The summed E-state index contributed by atoms with van der Waals surface area (Å²) in [5, 5.41) is 4.29. The first-order valence-corrected chi connectivity index (χ1v) is 13.8. The molecule has 0 unspecified atom stereocenters. The van der Waals surface area contributed by atoms with Gasteiger partial charge >= 0.3 is 0 Å². The lowest BCUT2D eigenvalue weighted by Gasteiger charge is -2.30. The summed E-state index contributed by atoms with van der Waals surface area (Å²) >= 11 is 0. The summed E-state index contributed by atoms with van der Waals surface area (Å²) in [6.07, 6.45) is 0.851. The summed E-state index contributed by atoms with van der Waals surface area (Å²) in [6, 6.07) is 26.3. The largest absolute Gasteiger partial charge is 0.378 e. The Hall–Kier alpha value is -2.55. The second kappa shape index (κ2) is 11.7. The average molecular weight is 479 g/mol. The van der Waals surface area contributed by atoms with Crippen molar-refractivity contribution in [2.75, 3.05) is 30.9 Å². The van der Waals surface area contributed by atoms with Gasteiger partial charge in [0.15, 0.2) is 0 Å². The van der Waals surface area contributed by atoms with Crippen LogP contribution in [0.4, 0.5) is 11.4 Å². The highest BCUT2D eigenvalue weighted by atomic mass is 31.2. The predicted molar refractivity (Wildman–Crippen MR) is 147 cm³/mol. The van der Waals surface area contributed by atoms with Gasteiger partial charge in [0.1, 0.15) is 5.78 Å². The van der Waals surface area contributed by atoms with Crippen LogP contribution in [0.2, 0.25) is 0 Å². The monoisotopic (exact) mass is 478 g/mol. The van der Waals surface area contributed by atoms with E-state index in [9.17, 15) is 4.57 Å². The molecular weight excluding hydrogens is 439 g/mol. The first kappa shape index (κ1) is 26.1. The molecule has 5 heteroatoms. The summed E-state index contributed by atoms with van der Waals surface area (Å²) in [4.78, 5) is 2.04. The Morgan fingerprint density at radius 2 is 1.41 bits per heavy atom. The first-order valence-electron chi connectivity index (χ1n) is 12.1. The van der Waals surface area contributed by atoms with Gasteiger partial charge in [0.2, 0.25) is 0 Å². The Morgan fingerprint density at radius 1 is 0.824 bits per heavy atom. The van der Waals surface area contributed by atoms with E-state index in [4.69, 9.17) is 4.52 Å².